The van der Waals surface area contributed by atoms with E-state index in [2.05, 4.69) is 4.98 Å². The summed E-state index contributed by atoms with van der Waals surface area (Å²) < 4.78 is 15.7. The average molecular weight is 271 g/mol. The molecule has 2 aromatic carbocycles. The van der Waals surface area contributed by atoms with Gasteiger partial charge in [0.05, 0.1) is 16.7 Å². The van der Waals surface area contributed by atoms with Gasteiger partial charge >= 0.3 is 0 Å². The minimum atomic E-state index is -0.816. The van der Waals surface area contributed by atoms with Crippen molar-refractivity contribution in [3.63, 3.8) is 0 Å². The van der Waals surface area contributed by atoms with Gasteiger partial charge in [-0.05, 0) is 37.3 Å². The molecular formula is C15H14FN3O. The second kappa shape index (κ2) is 4.61. The first-order valence-corrected chi connectivity index (χ1v) is 6.29. The van der Waals surface area contributed by atoms with Gasteiger partial charge in [0.25, 0.3) is 0 Å². The third-order valence-corrected chi connectivity index (χ3v) is 3.17. The molecule has 0 saturated carbocycles. The van der Waals surface area contributed by atoms with E-state index in [0.717, 1.165) is 0 Å². The van der Waals surface area contributed by atoms with Crippen molar-refractivity contribution < 1.29 is 9.50 Å². The quantitative estimate of drug-likeness (QED) is 0.704. The summed E-state index contributed by atoms with van der Waals surface area (Å²) in [6, 6.07) is 11.6. The van der Waals surface area contributed by atoms with Crippen LogP contribution in [0.25, 0.3) is 16.7 Å². The van der Waals surface area contributed by atoms with Crippen LogP contribution in [0.15, 0.2) is 42.5 Å². The molecule has 102 valence electrons. The topological polar surface area (TPSA) is 64.1 Å². The highest BCUT2D eigenvalue weighted by molar-refractivity contribution is 5.81. The summed E-state index contributed by atoms with van der Waals surface area (Å²) in [5.41, 5.74) is 8.01. The molecular weight excluding hydrogens is 257 g/mol. The molecule has 4 nitrogen and oxygen atoms in total. The van der Waals surface area contributed by atoms with E-state index in [9.17, 15) is 9.50 Å². The van der Waals surface area contributed by atoms with Crippen LogP contribution in [0.5, 0.6) is 0 Å². The van der Waals surface area contributed by atoms with E-state index < -0.39 is 6.10 Å². The Morgan fingerprint density at radius 3 is 2.70 bits per heavy atom. The van der Waals surface area contributed by atoms with Crippen molar-refractivity contribution in [2.75, 3.05) is 5.73 Å². The van der Waals surface area contributed by atoms with Crippen LogP contribution in [-0.2, 0) is 0 Å². The lowest BCUT2D eigenvalue weighted by molar-refractivity contribution is 0.187. The summed E-state index contributed by atoms with van der Waals surface area (Å²) in [7, 11) is 0. The molecule has 1 heterocycles. The zero-order chi connectivity index (χ0) is 14.3. The Morgan fingerprint density at radius 1 is 1.25 bits per heavy atom. The lowest BCUT2D eigenvalue weighted by atomic mass is 10.2. The van der Waals surface area contributed by atoms with Crippen LogP contribution in [-0.4, -0.2) is 14.7 Å². The number of nitrogens with zero attached hydrogens (tertiary/aromatic N) is 2. The van der Waals surface area contributed by atoms with Crippen molar-refractivity contribution >= 4 is 16.7 Å². The Balaban J connectivity index is 2.38. The number of aliphatic hydroxyl groups excluding tert-OH is 1. The highest BCUT2D eigenvalue weighted by atomic mass is 19.1. The number of hydrogen-bond donors (Lipinski definition) is 2. The molecule has 3 rings (SSSR count). The minimum absolute atomic E-state index is 0.357. The first-order valence-electron chi connectivity index (χ1n) is 6.29. The van der Waals surface area contributed by atoms with Crippen molar-refractivity contribution in [1.29, 1.82) is 0 Å². The van der Waals surface area contributed by atoms with E-state index in [1.54, 1.807) is 47.9 Å². The van der Waals surface area contributed by atoms with Gasteiger partial charge < -0.3 is 10.8 Å². The van der Waals surface area contributed by atoms with E-state index in [4.69, 9.17) is 5.73 Å². The predicted molar refractivity (Wildman–Crippen MR) is 76.1 cm³/mol. The summed E-state index contributed by atoms with van der Waals surface area (Å²) in [6.45, 7) is 1.60. The molecule has 0 fully saturated rings. The number of anilines is 1. The number of para-hydroxylation sites is 1. The van der Waals surface area contributed by atoms with Crippen LogP contribution in [0.3, 0.4) is 0 Å². The fraction of sp³-hybridized carbons (Fsp3) is 0.133. The number of rotatable bonds is 2. The molecule has 1 atom stereocenters. The second-order valence-electron chi connectivity index (χ2n) is 4.68. The van der Waals surface area contributed by atoms with Crippen LogP contribution < -0.4 is 5.73 Å². The third-order valence-electron chi connectivity index (χ3n) is 3.17. The number of aromatic nitrogens is 2. The van der Waals surface area contributed by atoms with E-state index in [0.29, 0.717) is 28.2 Å². The Labute approximate surface area is 115 Å². The lowest BCUT2D eigenvalue weighted by Gasteiger charge is -2.11. The zero-order valence-electron chi connectivity index (χ0n) is 10.9. The Hall–Kier alpha value is -2.40. The number of imidazole rings is 1. The van der Waals surface area contributed by atoms with Crippen LogP contribution >= 0.6 is 0 Å². The molecule has 0 aliphatic rings. The van der Waals surface area contributed by atoms with Crippen LogP contribution in [0.4, 0.5) is 10.1 Å². The normalized spacial score (nSPS) is 12.8. The maximum atomic E-state index is 14.0. The number of nitrogen functional groups attached to an aromatic ring is 1. The number of hydrogen-bond acceptors (Lipinski definition) is 3. The maximum absolute atomic E-state index is 14.0. The monoisotopic (exact) mass is 271 g/mol. The molecule has 0 amide bonds. The summed E-state index contributed by atoms with van der Waals surface area (Å²) in [5, 5.41) is 9.89. The molecule has 0 radical (unpaired) electrons. The van der Waals surface area contributed by atoms with Gasteiger partial charge in [0.1, 0.15) is 17.7 Å². The molecule has 0 saturated heterocycles. The van der Waals surface area contributed by atoms with Crippen molar-refractivity contribution in [3.8, 4) is 5.69 Å². The first kappa shape index (κ1) is 12.6. The van der Waals surface area contributed by atoms with Crippen molar-refractivity contribution in [2.45, 2.75) is 13.0 Å². The van der Waals surface area contributed by atoms with Gasteiger partial charge in [0.15, 0.2) is 0 Å². The minimum Gasteiger partial charge on any atom is -0.399 e. The summed E-state index contributed by atoms with van der Waals surface area (Å²) in [4.78, 5) is 4.36. The number of nitrogens with two attached hydrogens (primary N) is 1. The Bertz CT molecular complexity index is 780. The maximum Gasteiger partial charge on any atom is 0.147 e. The molecule has 0 bridgehead atoms. The van der Waals surface area contributed by atoms with Gasteiger partial charge in [-0.15, -0.1) is 0 Å². The number of aliphatic hydroxyl groups is 1. The van der Waals surface area contributed by atoms with E-state index in [-0.39, 0.29) is 5.82 Å². The number of fused-ring (bicyclic) bond motifs is 1. The van der Waals surface area contributed by atoms with E-state index in [1.165, 1.54) is 6.07 Å². The fourth-order valence-electron chi connectivity index (χ4n) is 2.28. The molecule has 5 heteroatoms. The van der Waals surface area contributed by atoms with Gasteiger partial charge in [-0.3, -0.25) is 4.57 Å². The van der Waals surface area contributed by atoms with Gasteiger partial charge in [0.2, 0.25) is 0 Å². The van der Waals surface area contributed by atoms with Gasteiger partial charge in [-0.1, -0.05) is 12.1 Å². The van der Waals surface area contributed by atoms with E-state index in [1.807, 2.05) is 0 Å². The van der Waals surface area contributed by atoms with Crippen LogP contribution in [0.1, 0.15) is 18.9 Å². The largest absolute Gasteiger partial charge is 0.399 e. The average Bonchev–Trinajstić information content (AvgIpc) is 2.78. The summed E-state index contributed by atoms with van der Waals surface area (Å²) in [6.07, 6.45) is -0.816. The summed E-state index contributed by atoms with van der Waals surface area (Å²) in [5.74, 6) is 0.0150. The van der Waals surface area contributed by atoms with Gasteiger partial charge in [0, 0.05) is 5.69 Å². The number of benzene rings is 2. The molecule has 3 N–H and O–H groups in total. The lowest BCUT2D eigenvalue weighted by Crippen LogP contribution is -2.06. The van der Waals surface area contributed by atoms with Crippen LogP contribution in [0.2, 0.25) is 0 Å². The SMILES string of the molecule is CC(O)c1nc2cc(N)ccc2n1-c1ccccc1F. The second-order valence-corrected chi connectivity index (χ2v) is 4.68. The highest BCUT2D eigenvalue weighted by Crippen LogP contribution is 2.27. The molecule has 1 aromatic heterocycles. The first-order chi connectivity index (χ1) is 9.58. The standard InChI is InChI=1S/C15H14FN3O/c1-9(20)15-18-12-8-10(17)6-7-14(12)19(15)13-5-3-2-4-11(13)16/h2-9,20H,17H2,1H3. The molecule has 0 aliphatic heterocycles. The smallest absolute Gasteiger partial charge is 0.147 e. The molecule has 1 unspecified atom stereocenters. The van der Waals surface area contributed by atoms with Crippen molar-refractivity contribution in [1.82, 2.24) is 9.55 Å². The molecule has 3 aromatic rings. The third kappa shape index (κ3) is 1.92. The summed E-state index contributed by atoms with van der Waals surface area (Å²) >= 11 is 0. The fourth-order valence-corrected chi connectivity index (χ4v) is 2.28. The van der Waals surface area contributed by atoms with Crippen molar-refractivity contribution in [3.05, 3.63) is 54.1 Å². The van der Waals surface area contributed by atoms with Crippen molar-refractivity contribution in [2.24, 2.45) is 0 Å². The molecule has 20 heavy (non-hydrogen) atoms. The number of halogens is 1. The highest BCUT2D eigenvalue weighted by Gasteiger charge is 2.18. The Kier molecular flexibility index (Phi) is 2.91. The van der Waals surface area contributed by atoms with Gasteiger partial charge in [-0.25, -0.2) is 9.37 Å². The van der Waals surface area contributed by atoms with E-state index >= 15 is 0 Å². The predicted octanol–water partition coefficient (Wildman–Crippen LogP) is 2.80. The van der Waals surface area contributed by atoms with Gasteiger partial charge in [-0.2, -0.15) is 0 Å². The van der Waals surface area contributed by atoms with Crippen LogP contribution in [0, 0.1) is 5.82 Å². The molecule has 0 aliphatic carbocycles. The Morgan fingerprint density at radius 2 is 2.00 bits per heavy atom. The zero-order valence-corrected chi connectivity index (χ0v) is 10.9. The molecule has 0 spiro atoms.